The highest BCUT2D eigenvalue weighted by Crippen LogP contribution is 1.93. The zero-order valence-electron chi connectivity index (χ0n) is 7.22. The van der Waals surface area contributed by atoms with Crippen LogP contribution in [0.15, 0.2) is 29.4 Å². The van der Waals surface area contributed by atoms with Gasteiger partial charge >= 0.3 is 0 Å². The molecule has 0 saturated heterocycles. The Hall–Kier alpha value is -1.18. The van der Waals surface area contributed by atoms with Crippen LogP contribution in [0.5, 0.6) is 0 Å². The van der Waals surface area contributed by atoms with Crippen LogP contribution >= 0.6 is 0 Å². The molecule has 0 spiro atoms. The molecule has 0 aromatic rings. The minimum absolute atomic E-state index is 0.0360. The molecule has 0 aromatic carbocycles. The molecular weight excluding hydrogens is 138 g/mol. The van der Waals surface area contributed by atoms with E-state index in [0.717, 1.165) is 5.57 Å². The highest BCUT2D eigenvalue weighted by Gasteiger charge is 1.99. The third-order valence-electron chi connectivity index (χ3n) is 1.02. The number of Topliss-reactive ketones (excluding diaryl/α,β-unsaturated/α-hetero) is 1. The first-order valence-corrected chi connectivity index (χ1v) is 3.42. The van der Waals surface area contributed by atoms with Gasteiger partial charge in [-0.15, -0.1) is 0 Å². The van der Waals surface area contributed by atoms with Crippen molar-refractivity contribution in [3.63, 3.8) is 0 Å². The van der Waals surface area contributed by atoms with Gasteiger partial charge in [-0.3, -0.25) is 9.79 Å². The van der Waals surface area contributed by atoms with Gasteiger partial charge in [0, 0.05) is 13.1 Å². The van der Waals surface area contributed by atoms with Gasteiger partial charge in [0.1, 0.15) is 5.71 Å². The molecule has 0 atom stereocenters. The lowest BCUT2D eigenvalue weighted by atomic mass is 10.2. The average molecular weight is 151 g/mol. The topological polar surface area (TPSA) is 29.4 Å². The molecular formula is C9H13NO. The summed E-state index contributed by atoms with van der Waals surface area (Å²) in [6.07, 6.45) is 3.11. The van der Waals surface area contributed by atoms with Crippen molar-refractivity contribution in [2.45, 2.75) is 20.8 Å². The first-order chi connectivity index (χ1) is 5.07. The maximum Gasteiger partial charge on any atom is 0.178 e. The lowest BCUT2D eigenvalue weighted by molar-refractivity contribution is -0.111. The lowest BCUT2D eigenvalue weighted by Crippen LogP contribution is -2.06. The Labute approximate surface area is 67.3 Å². The van der Waals surface area contributed by atoms with E-state index in [1.165, 1.54) is 13.1 Å². The molecule has 0 saturated carbocycles. The fraction of sp³-hybridized carbons (Fsp3) is 0.333. The van der Waals surface area contributed by atoms with Crippen molar-refractivity contribution < 1.29 is 4.79 Å². The van der Waals surface area contributed by atoms with Gasteiger partial charge in [-0.05, 0) is 19.9 Å². The summed E-state index contributed by atoms with van der Waals surface area (Å²) >= 11 is 0. The number of hydrogen-bond donors (Lipinski definition) is 0. The molecule has 0 unspecified atom stereocenters. The van der Waals surface area contributed by atoms with Gasteiger partial charge < -0.3 is 0 Å². The fourth-order valence-electron chi connectivity index (χ4n) is 0.602. The second-order valence-electron chi connectivity index (χ2n) is 2.47. The Morgan fingerprint density at radius 3 is 2.18 bits per heavy atom. The summed E-state index contributed by atoms with van der Waals surface area (Å²) < 4.78 is 0. The van der Waals surface area contributed by atoms with E-state index in [1.54, 1.807) is 6.08 Å². The third-order valence-corrected chi connectivity index (χ3v) is 1.02. The number of carbonyl (C=O) groups is 1. The molecule has 2 heteroatoms. The Kier molecular flexibility index (Phi) is 4.11. The normalized spacial score (nSPS) is 10.6. The van der Waals surface area contributed by atoms with Crippen molar-refractivity contribution in [3.8, 4) is 0 Å². The van der Waals surface area contributed by atoms with Crippen molar-refractivity contribution in [2.75, 3.05) is 0 Å². The second kappa shape index (κ2) is 4.61. The number of hydrogen-bond acceptors (Lipinski definition) is 2. The Morgan fingerprint density at radius 2 is 1.91 bits per heavy atom. The van der Waals surface area contributed by atoms with E-state index in [4.69, 9.17) is 0 Å². The van der Waals surface area contributed by atoms with Gasteiger partial charge in [0.2, 0.25) is 0 Å². The maximum absolute atomic E-state index is 10.8. The molecule has 0 aliphatic heterocycles. The Morgan fingerprint density at radius 1 is 1.36 bits per heavy atom. The van der Waals surface area contributed by atoms with Crippen LogP contribution in [0.1, 0.15) is 20.8 Å². The van der Waals surface area contributed by atoms with E-state index in [9.17, 15) is 4.79 Å². The summed E-state index contributed by atoms with van der Waals surface area (Å²) in [4.78, 5) is 14.7. The lowest BCUT2D eigenvalue weighted by Gasteiger charge is -1.93. The predicted molar refractivity (Wildman–Crippen MR) is 47.7 cm³/mol. The third kappa shape index (κ3) is 4.25. The van der Waals surface area contributed by atoms with Crippen LogP contribution in [-0.4, -0.2) is 11.5 Å². The minimum Gasteiger partial charge on any atom is -0.293 e. The van der Waals surface area contributed by atoms with E-state index >= 15 is 0 Å². The monoisotopic (exact) mass is 151 g/mol. The molecule has 0 amide bonds. The van der Waals surface area contributed by atoms with Crippen LogP contribution in [0.3, 0.4) is 0 Å². The molecule has 0 aromatic heterocycles. The maximum atomic E-state index is 10.8. The molecule has 0 bridgehead atoms. The van der Waals surface area contributed by atoms with E-state index in [0.29, 0.717) is 5.71 Å². The molecule has 11 heavy (non-hydrogen) atoms. The highest BCUT2D eigenvalue weighted by molar-refractivity contribution is 6.43. The van der Waals surface area contributed by atoms with E-state index < -0.39 is 0 Å². The highest BCUT2D eigenvalue weighted by atomic mass is 16.1. The van der Waals surface area contributed by atoms with Crippen LogP contribution in [0.25, 0.3) is 0 Å². The number of nitrogens with zero attached hydrogens (tertiary/aromatic N) is 1. The largest absolute Gasteiger partial charge is 0.293 e. The van der Waals surface area contributed by atoms with Crippen molar-refractivity contribution in [2.24, 2.45) is 4.99 Å². The average Bonchev–Trinajstić information content (AvgIpc) is 1.86. The van der Waals surface area contributed by atoms with Crippen molar-refractivity contribution in [1.82, 2.24) is 0 Å². The molecule has 60 valence electrons. The number of carbonyl (C=O) groups excluding carboxylic acids is 1. The van der Waals surface area contributed by atoms with Crippen LogP contribution in [0.4, 0.5) is 0 Å². The Balaban J connectivity index is 4.63. The summed E-state index contributed by atoms with van der Waals surface area (Å²) in [6.45, 7) is 8.75. The zero-order chi connectivity index (χ0) is 8.85. The number of rotatable bonds is 3. The number of ketones is 1. The summed E-state index contributed by atoms with van der Waals surface area (Å²) in [5.41, 5.74) is 1.51. The summed E-state index contributed by atoms with van der Waals surface area (Å²) in [5, 5.41) is 0. The van der Waals surface area contributed by atoms with Crippen LogP contribution in [0.2, 0.25) is 0 Å². The van der Waals surface area contributed by atoms with Gasteiger partial charge in [-0.25, -0.2) is 0 Å². The van der Waals surface area contributed by atoms with Crippen LogP contribution in [-0.2, 0) is 4.79 Å². The number of aliphatic imine (C=N–C) groups is 1. The van der Waals surface area contributed by atoms with Gasteiger partial charge in [0.25, 0.3) is 0 Å². The smallest absolute Gasteiger partial charge is 0.178 e. The summed E-state index contributed by atoms with van der Waals surface area (Å²) in [6, 6.07) is 0. The summed E-state index contributed by atoms with van der Waals surface area (Å²) in [7, 11) is 0. The molecule has 0 N–H and O–H groups in total. The van der Waals surface area contributed by atoms with Gasteiger partial charge in [-0.2, -0.15) is 0 Å². The molecule has 0 rings (SSSR count). The molecule has 0 radical (unpaired) electrons. The van der Waals surface area contributed by atoms with Crippen molar-refractivity contribution in [1.29, 1.82) is 0 Å². The quantitative estimate of drug-likeness (QED) is 0.568. The molecule has 0 aliphatic carbocycles. The second-order valence-corrected chi connectivity index (χ2v) is 2.47. The first-order valence-electron chi connectivity index (χ1n) is 3.42. The Bertz CT molecular complexity index is 220. The SMILES string of the molecule is C=CN=C(C=C(C)C)C(C)=O. The van der Waals surface area contributed by atoms with E-state index in [2.05, 4.69) is 11.6 Å². The molecule has 0 heterocycles. The van der Waals surface area contributed by atoms with Crippen LogP contribution < -0.4 is 0 Å². The summed E-state index contributed by atoms with van der Waals surface area (Å²) in [5.74, 6) is -0.0360. The predicted octanol–water partition coefficient (Wildman–Crippen LogP) is 2.13. The first kappa shape index (κ1) is 9.82. The van der Waals surface area contributed by atoms with E-state index in [-0.39, 0.29) is 5.78 Å². The fourth-order valence-corrected chi connectivity index (χ4v) is 0.602. The van der Waals surface area contributed by atoms with E-state index in [1.807, 2.05) is 13.8 Å². The van der Waals surface area contributed by atoms with Gasteiger partial charge in [0.05, 0.1) is 0 Å². The minimum atomic E-state index is -0.0360. The molecule has 0 fully saturated rings. The molecule has 2 nitrogen and oxygen atoms in total. The molecule has 0 aliphatic rings. The van der Waals surface area contributed by atoms with Crippen LogP contribution in [0, 0.1) is 0 Å². The van der Waals surface area contributed by atoms with Crippen molar-refractivity contribution >= 4 is 11.5 Å². The van der Waals surface area contributed by atoms with Gasteiger partial charge in [0.15, 0.2) is 5.78 Å². The van der Waals surface area contributed by atoms with Gasteiger partial charge in [-0.1, -0.05) is 12.2 Å². The number of allylic oxidation sites excluding steroid dienone is 2. The zero-order valence-corrected chi connectivity index (χ0v) is 7.22. The van der Waals surface area contributed by atoms with Crippen molar-refractivity contribution in [3.05, 3.63) is 24.4 Å². The standard InChI is InChI=1S/C9H13NO/c1-5-10-9(8(4)11)6-7(2)3/h5-6H,1H2,2-4H3.